The molecule has 0 unspecified atom stereocenters. The average Bonchev–Trinajstić information content (AvgIpc) is 2.66. The Morgan fingerprint density at radius 2 is 1.28 bits per heavy atom. The van der Waals surface area contributed by atoms with Crippen molar-refractivity contribution in [2.75, 3.05) is 7.11 Å². The minimum atomic E-state index is -1.27. The zero-order valence-electron chi connectivity index (χ0n) is 13.6. The molecule has 0 amide bonds. The van der Waals surface area contributed by atoms with E-state index in [2.05, 4.69) is 24.3 Å². The molecule has 0 aliphatic carbocycles. The fourth-order valence-electron chi connectivity index (χ4n) is 2.58. The molecule has 0 atom stereocenters. The summed E-state index contributed by atoms with van der Waals surface area (Å²) in [6.45, 7) is 0. The van der Waals surface area contributed by atoms with Crippen LogP contribution in [0.1, 0.15) is 0 Å². The third-order valence-electron chi connectivity index (χ3n) is 3.61. The van der Waals surface area contributed by atoms with Gasteiger partial charge < -0.3 is 9.84 Å². The van der Waals surface area contributed by atoms with Gasteiger partial charge in [0.25, 0.3) is 0 Å². The van der Waals surface area contributed by atoms with Crippen LogP contribution in [0.3, 0.4) is 0 Å². The fraction of sp³-hybridized carbons (Fsp3) is 0.0526. The van der Waals surface area contributed by atoms with E-state index >= 15 is 0 Å². The molecule has 0 saturated heterocycles. The number of aromatic hydroxyl groups is 1. The van der Waals surface area contributed by atoms with Crippen molar-refractivity contribution in [2.24, 2.45) is 0 Å². The van der Waals surface area contributed by atoms with E-state index in [1.807, 2.05) is 48.5 Å². The van der Waals surface area contributed by atoms with E-state index in [4.69, 9.17) is 23.3 Å². The summed E-state index contributed by atoms with van der Waals surface area (Å²) in [6.07, 6.45) is 0. The molecule has 6 heteroatoms. The van der Waals surface area contributed by atoms with Gasteiger partial charge in [-0.1, -0.05) is 42.5 Å². The number of halogens is 2. The molecule has 1 N–H and O–H groups in total. The molecule has 0 bridgehead atoms. The summed E-state index contributed by atoms with van der Waals surface area (Å²) in [5.41, 5.74) is 0. The Bertz CT molecular complexity index is 733. The van der Waals surface area contributed by atoms with Crippen LogP contribution in [0.4, 0.5) is 0 Å². The number of phenols is 1. The SMILES string of the molecule is COc1cccc([PH+](c2ccccc2)c2ccccc2)c1O.[Cl][Ti][Cl]. The number of para-hydroxylation sites is 1. The van der Waals surface area contributed by atoms with Crippen molar-refractivity contribution in [3.05, 3.63) is 78.9 Å². The number of rotatable bonds is 4. The Labute approximate surface area is 166 Å². The molecule has 0 aliphatic heterocycles. The van der Waals surface area contributed by atoms with Crippen LogP contribution in [0.2, 0.25) is 0 Å². The number of benzene rings is 3. The Morgan fingerprint density at radius 3 is 1.72 bits per heavy atom. The number of hydrogen-bond acceptors (Lipinski definition) is 2. The molecule has 25 heavy (non-hydrogen) atoms. The first-order chi connectivity index (χ1) is 12.2. The predicted octanol–water partition coefficient (Wildman–Crippen LogP) is 4.27. The molecular formula is C19H18Cl2O2PTi+. The number of phenolic OH excluding ortho intramolecular Hbond substituents is 1. The summed E-state index contributed by atoms with van der Waals surface area (Å²) in [6, 6.07) is 26.4. The first kappa shape index (κ1) is 20.3. The second-order valence-electron chi connectivity index (χ2n) is 5.03. The monoisotopic (exact) mass is 427 g/mol. The maximum atomic E-state index is 10.6. The van der Waals surface area contributed by atoms with Crippen molar-refractivity contribution in [3.8, 4) is 11.5 Å². The fourth-order valence-corrected chi connectivity index (χ4v) is 5.21. The topological polar surface area (TPSA) is 29.5 Å². The van der Waals surface area contributed by atoms with Crippen LogP contribution in [0.25, 0.3) is 0 Å². The van der Waals surface area contributed by atoms with Gasteiger partial charge in [0, 0.05) is 0 Å². The van der Waals surface area contributed by atoms with Gasteiger partial charge in [-0.2, -0.15) is 0 Å². The average molecular weight is 428 g/mol. The van der Waals surface area contributed by atoms with Crippen LogP contribution in [0.5, 0.6) is 11.5 Å². The summed E-state index contributed by atoms with van der Waals surface area (Å²) >= 11 is -0.556. The molecule has 2 nitrogen and oxygen atoms in total. The molecule has 0 fully saturated rings. The second-order valence-corrected chi connectivity index (χ2v) is 10.1. The third-order valence-corrected chi connectivity index (χ3v) is 6.38. The molecule has 0 radical (unpaired) electrons. The third kappa shape index (κ3) is 5.48. The van der Waals surface area contributed by atoms with E-state index in [9.17, 15) is 5.11 Å². The van der Waals surface area contributed by atoms with E-state index in [-0.39, 0.29) is 5.75 Å². The molecule has 0 heterocycles. The van der Waals surface area contributed by atoms with Gasteiger partial charge in [-0.05, 0) is 36.4 Å². The summed E-state index contributed by atoms with van der Waals surface area (Å²) in [5, 5.41) is 14.0. The summed E-state index contributed by atoms with van der Waals surface area (Å²) < 4.78 is 5.27. The molecule has 128 valence electrons. The van der Waals surface area contributed by atoms with Gasteiger partial charge in [-0.25, -0.2) is 0 Å². The predicted molar refractivity (Wildman–Crippen MR) is 106 cm³/mol. The first-order valence-corrected chi connectivity index (χ1v) is 13.3. The van der Waals surface area contributed by atoms with E-state index in [1.54, 1.807) is 13.2 Å². The van der Waals surface area contributed by atoms with E-state index in [1.165, 1.54) is 10.6 Å². The molecule has 0 saturated carbocycles. The van der Waals surface area contributed by atoms with Crippen molar-refractivity contribution in [2.45, 2.75) is 0 Å². The van der Waals surface area contributed by atoms with Crippen LogP contribution in [-0.4, -0.2) is 12.2 Å². The van der Waals surface area contributed by atoms with Crippen LogP contribution in [0.15, 0.2) is 78.9 Å². The van der Waals surface area contributed by atoms with E-state index in [0.29, 0.717) is 5.75 Å². The summed E-state index contributed by atoms with van der Waals surface area (Å²) in [4.78, 5) is 0. The van der Waals surface area contributed by atoms with Crippen LogP contribution in [0, 0.1) is 0 Å². The Hall–Kier alpha value is -1.02. The molecule has 0 aliphatic rings. The molecular weight excluding hydrogens is 410 g/mol. The van der Waals surface area contributed by atoms with Crippen molar-refractivity contribution in [1.82, 2.24) is 0 Å². The van der Waals surface area contributed by atoms with Crippen LogP contribution < -0.4 is 20.7 Å². The van der Waals surface area contributed by atoms with E-state index in [0.717, 1.165) is 5.30 Å². The van der Waals surface area contributed by atoms with Gasteiger partial charge in [0.15, 0.2) is 5.75 Å². The standard InChI is InChI=1S/C19H17O2P.2ClH.Ti/c1-21-17-13-8-14-18(19(17)20)22(15-9-4-2-5-10-15)16-11-6-3-7-12-16;;;/h2-14,20H,1H3;2*1H;/q;;;+2/p-1. The second kappa shape index (κ2) is 10.9. The number of hydrogen-bond donors (Lipinski definition) is 1. The van der Waals surface area contributed by atoms with Crippen LogP contribution >= 0.6 is 26.5 Å². The normalized spacial score (nSPS) is 9.92. The Morgan fingerprint density at radius 1 is 0.800 bits per heavy atom. The quantitative estimate of drug-likeness (QED) is 0.497. The molecule has 3 aromatic carbocycles. The van der Waals surface area contributed by atoms with Crippen molar-refractivity contribution in [1.29, 1.82) is 0 Å². The van der Waals surface area contributed by atoms with Gasteiger partial charge in [0.05, 0.1) is 7.11 Å². The zero-order chi connectivity index (χ0) is 18.1. The molecule has 3 aromatic rings. The maximum absolute atomic E-state index is 10.6. The number of methoxy groups -OCH3 is 1. The van der Waals surface area contributed by atoms with Crippen LogP contribution in [-0.2, 0) is 17.0 Å². The Balaban J connectivity index is 0.000000701. The molecule has 0 spiro atoms. The minimum absolute atomic E-state index is 0.242. The van der Waals surface area contributed by atoms with E-state index < -0.39 is 25.0 Å². The molecule has 3 rings (SSSR count). The number of ether oxygens (including phenoxy) is 1. The van der Waals surface area contributed by atoms with Crippen molar-refractivity contribution >= 4 is 42.4 Å². The van der Waals surface area contributed by atoms with Gasteiger partial charge in [0.1, 0.15) is 23.8 Å². The van der Waals surface area contributed by atoms with Gasteiger partial charge >= 0.3 is 35.6 Å². The summed E-state index contributed by atoms with van der Waals surface area (Å²) in [7, 11) is 10.1. The zero-order valence-corrected chi connectivity index (χ0v) is 17.7. The van der Waals surface area contributed by atoms with Crippen molar-refractivity contribution in [3.63, 3.8) is 0 Å². The van der Waals surface area contributed by atoms with Gasteiger partial charge in [0.2, 0.25) is 5.75 Å². The Kier molecular flexibility index (Phi) is 8.82. The molecule has 0 aromatic heterocycles. The first-order valence-electron chi connectivity index (χ1n) is 7.53. The summed E-state index contributed by atoms with van der Waals surface area (Å²) in [5.74, 6) is 0.762. The van der Waals surface area contributed by atoms with Gasteiger partial charge in [-0.3, -0.25) is 0 Å². The van der Waals surface area contributed by atoms with Crippen molar-refractivity contribution < 1.29 is 26.9 Å². The van der Waals surface area contributed by atoms with Gasteiger partial charge in [-0.15, -0.1) is 0 Å².